The third kappa shape index (κ3) is 5.47. The zero-order valence-electron chi connectivity index (χ0n) is 10.1. The Balaban J connectivity index is 0.000000165. The van der Waals surface area contributed by atoms with Gasteiger partial charge in [-0.3, -0.25) is 0 Å². The molecular formula is C14H20S2. The SMILES string of the molecule is CCCCc1cccs1.CCc1ccsc1. The van der Waals surface area contributed by atoms with Gasteiger partial charge in [0, 0.05) is 4.88 Å². The van der Waals surface area contributed by atoms with Gasteiger partial charge in [0.25, 0.3) is 0 Å². The van der Waals surface area contributed by atoms with Crippen LogP contribution < -0.4 is 0 Å². The first-order chi connectivity index (χ1) is 7.86. The average Bonchev–Trinajstić information content (AvgIpc) is 3.00. The van der Waals surface area contributed by atoms with Crippen molar-refractivity contribution in [2.45, 2.75) is 39.5 Å². The van der Waals surface area contributed by atoms with Crippen LogP contribution in [0.15, 0.2) is 34.3 Å². The van der Waals surface area contributed by atoms with E-state index in [0.29, 0.717) is 0 Å². The number of aryl methyl sites for hydroxylation is 2. The predicted molar refractivity (Wildman–Crippen MR) is 76.6 cm³/mol. The highest BCUT2D eigenvalue weighted by Crippen LogP contribution is 2.11. The zero-order chi connectivity index (χ0) is 11.6. The van der Waals surface area contributed by atoms with E-state index in [1.807, 2.05) is 11.3 Å². The second-order valence-electron chi connectivity index (χ2n) is 3.67. The lowest BCUT2D eigenvalue weighted by Crippen LogP contribution is -1.75. The van der Waals surface area contributed by atoms with E-state index in [-0.39, 0.29) is 0 Å². The number of hydrogen-bond donors (Lipinski definition) is 0. The van der Waals surface area contributed by atoms with Crippen molar-refractivity contribution < 1.29 is 0 Å². The summed E-state index contributed by atoms with van der Waals surface area (Å²) in [5.74, 6) is 0. The molecule has 2 heterocycles. The lowest BCUT2D eigenvalue weighted by molar-refractivity contribution is 0.804. The van der Waals surface area contributed by atoms with Crippen molar-refractivity contribution in [3.05, 3.63) is 44.8 Å². The number of hydrogen-bond acceptors (Lipinski definition) is 2. The molecule has 0 aliphatic rings. The van der Waals surface area contributed by atoms with E-state index in [4.69, 9.17) is 0 Å². The summed E-state index contributed by atoms with van der Waals surface area (Å²) < 4.78 is 0. The fourth-order valence-electron chi connectivity index (χ4n) is 1.30. The second kappa shape index (κ2) is 8.54. The first-order valence-corrected chi connectivity index (χ1v) is 7.72. The van der Waals surface area contributed by atoms with Gasteiger partial charge in [-0.25, -0.2) is 0 Å². The first kappa shape index (κ1) is 13.5. The van der Waals surface area contributed by atoms with Crippen molar-refractivity contribution in [1.82, 2.24) is 0 Å². The molecule has 0 aromatic carbocycles. The minimum Gasteiger partial charge on any atom is -0.152 e. The van der Waals surface area contributed by atoms with E-state index in [0.717, 1.165) is 0 Å². The number of unbranched alkanes of at least 4 members (excludes halogenated alkanes) is 1. The molecule has 0 aliphatic carbocycles. The molecule has 0 unspecified atom stereocenters. The molecule has 0 bridgehead atoms. The van der Waals surface area contributed by atoms with Crippen LogP contribution in [0.4, 0.5) is 0 Å². The molecule has 0 N–H and O–H groups in total. The summed E-state index contributed by atoms with van der Waals surface area (Å²) in [5.41, 5.74) is 1.45. The summed E-state index contributed by atoms with van der Waals surface area (Å²) in [4.78, 5) is 1.52. The minimum atomic E-state index is 1.17. The summed E-state index contributed by atoms with van der Waals surface area (Å²) in [7, 11) is 0. The van der Waals surface area contributed by atoms with Gasteiger partial charge in [-0.15, -0.1) is 11.3 Å². The Labute approximate surface area is 107 Å². The summed E-state index contributed by atoms with van der Waals surface area (Å²) in [6.07, 6.45) is 5.08. The quantitative estimate of drug-likeness (QED) is 0.683. The van der Waals surface area contributed by atoms with Gasteiger partial charge in [0.15, 0.2) is 0 Å². The predicted octanol–water partition coefficient (Wildman–Crippen LogP) is 5.40. The lowest BCUT2D eigenvalue weighted by atomic mass is 10.2. The molecule has 0 atom stereocenters. The van der Waals surface area contributed by atoms with E-state index >= 15 is 0 Å². The van der Waals surface area contributed by atoms with Gasteiger partial charge in [0.1, 0.15) is 0 Å². The molecule has 0 fully saturated rings. The Kier molecular flexibility index (Phi) is 7.19. The lowest BCUT2D eigenvalue weighted by Gasteiger charge is -1.90. The Morgan fingerprint density at radius 3 is 2.44 bits per heavy atom. The normalized spacial score (nSPS) is 9.62. The first-order valence-electron chi connectivity index (χ1n) is 5.90. The van der Waals surface area contributed by atoms with Crippen LogP contribution in [0.3, 0.4) is 0 Å². The van der Waals surface area contributed by atoms with Crippen LogP contribution in [-0.4, -0.2) is 0 Å². The van der Waals surface area contributed by atoms with Crippen LogP contribution in [0.2, 0.25) is 0 Å². The molecule has 0 radical (unpaired) electrons. The molecule has 2 aromatic rings. The highest BCUT2D eigenvalue weighted by atomic mass is 32.1. The van der Waals surface area contributed by atoms with Crippen molar-refractivity contribution in [2.75, 3.05) is 0 Å². The largest absolute Gasteiger partial charge is 0.152 e. The third-order valence-corrected chi connectivity index (χ3v) is 4.01. The van der Waals surface area contributed by atoms with Gasteiger partial charge in [-0.2, -0.15) is 11.3 Å². The van der Waals surface area contributed by atoms with Crippen molar-refractivity contribution in [1.29, 1.82) is 0 Å². The van der Waals surface area contributed by atoms with Crippen molar-refractivity contribution >= 4 is 22.7 Å². The van der Waals surface area contributed by atoms with E-state index in [9.17, 15) is 0 Å². The van der Waals surface area contributed by atoms with E-state index in [2.05, 4.69) is 48.2 Å². The molecule has 88 valence electrons. The maximum Gasteiger partial charge on any atom is 0.00452 e. The number of rotatable bonds is 4. The third-order valence-electron chi connectivity index (χ3n) is 2.35. The van der Waals surface area contributed by atoms with Crippen molar-refractivity contribution in [2.24, 2.45) is 0 Å². The molecule has 0 nitrogen and oxygen atoms in total. The van der Waals surface area contributed by atoms with E-state index < -0.39 is 0 Å². The summed E-state index contributed by atoms with van der Waals surface area (Å²) in [6, 6.07) is 6.49. The van der Waals surface area contributed by atoms with E-state index in [1.165, 1.54) is 36.1 Å². The van der Waals surface area contributed by atoms with Gasteiger partial charge in [0.05, 0.1) is 0 Å². The molecule has 2 rings (SSSR count). The Morgan fingerprint density at radius 1 is 1.12 bits per heavy atom. The molecule has 0 spiro atoms. The second-order valence-corrected chi connectivity index (χ2v) is 5.48. The molecule has 2 heteroatoms. The smallest absolute Gasteiger partial charge is 0.00452 e. The monoisotopic (exact) mass is 252 g/mol. The highest BCUT2D eigenvalue weighted by molar-refractivity contribution is 7.09. The minimum absolute atomic E-state index is 1.17. The Hall–Kier alpha value is -0.600. The Bertz CT molecular complexity index is 333. The van der Waals surface area contributed by atoms with Crippen molar-refractivity contribution in [3.8, 4) is 0 Å². The van der Waals surface area contributed by atoms with Crippen LogP contribution in [0, 0.1) is 0 Å². The summed E-state index contributed by atoms with van der Waals surface area (Å²) >= 11 is 3.63. The maximum absolute atomic E-state index is 2.23. The number of thiophene rings is 2. The topological polar surface area (TPSA) is 0 Å². The van der Waals surface area contributed by atoms with Gasteiger partial charge in [0.2, 0.25) is 0 Å². The molecule has 2 aromatic heterocycles. The maximum atomic E-state index is 2.23. The van der Waals surface area contributed by atoms with Gasteiger partial charge in [-0.1, -0.05) is 26.3 Å². The fourth-order valence-corrected chi connectivity index (χ4v) is 2.80. The van der Waals surface area contributed by atoms with E-state index in [1.54, 1.807) is 11.3 Å². The fraction of sp³-hybridized carbons (Fsp3) is 0.429. The average molecular weight is 252 g/mol. The van der Waals surface area contributed by atoms with Crippen LogP contribution >= 0.6 is 22.7 Å². The van der Waals surface area contributed by atoms with Crippen molar-refractivity contribution in [3.63, 3.8) is 0 Å². The highest BCUT2D eigenvalue weighted by Gasteiger charge is 1.89. The standard InChI is InChI=1S/C8H12S.C6H8S/c1-2-3-5-8-6-4-7-9-8;1-2-6-3-4-7-5-6/h4,6-7H,2-3,5H2,1H3;3-5H,2H2,1H3. The molecular weight excluding hydrogens is 232 g/mol. The zero-order valence-corrected chi connectivity index (χ0v) is 11.7. The Morgan fingerprint density at radius 2 is 2.00 bits per heavy atom. The van der Waals surface area contributed by atoms with Crippen LogP contribution in [0.5, 0.6) is 0 Å². The van der Waals surface area contributed by atoms with Crippen LogP contribution in [-0.2, 0) is 12.8 Å². The van der Waals surface area contributed by atoms with Crippen LogP contribution in [0.25, 0.3) is 0 Å². The molecule has 0 amide bonds. The molecule has 16 heavy (non-hydrogen) atoms. The van der Waals surface area contributed by atoms with Gasteiger partial charge in [-0.05, 0) is 53.1 Å². The summed E-state index contributed by atoms with van der Waals surface area (Å²) in [5, 5.41) is 6.43. The van der Waals surface area contributed by atoms with Gasteiger partial charge >= 0.3 is 0 Å². The van der Waals surface area contributed by atoms with Crippen LogP contribution in [0.1, 0.15) is 37.1 Å². The molecule has 0 saturated heterocycles. The van der Waals surface area contributed by atoms with Gasteiger partial charge < -0.3 is 0 Å². The molecule has 0 saturated carbocycles. The molecule has 0 aliphatic heterocycles. The summed E-state index contributed by atoms with van der Waals surface area (Å²) in [6.45, 7) is 4.40.